The van der Waals surface area contributed by atoms with Crippen LogP contribution in [0.1, 0.15) is 160 Å². The van der Waals surface area contributed by atoms with Gasteiger partial charge in [-0.3, -0.25) is 9.59 Å². The molecule has 2 unspecified atom stereocenters. The normalized spacial score (nSPS) is 40.1. The zero-order valence-corrected chi connectivity index (χ0v) is 35.9. The van der Waals surface area contributed by atoms with E-state index in [1.54, 1.807) is 0 Å². The van der Waals surface area contributed by atoms with Crippen molar-refractivity contribution in [2.24, 2.45) is 50.2 Å². The summed E-state index contributed by atoms with van der Waals surface area (Å²) in [6.45, 7) is 26.0. The number of amides is 1. The Kier molecular flexibility index (Phi) is 12.4. The third-order valence-electron chi connectivity index (χ3n) is 16.3. The topological polar surface area (TPSA) is 66.4 Å². The van der Waals surface area contributed by atoms with Crippen LogP contribution in [0.3, 0.4) is 0 Å². The fourth-order valence-electron chi connectivity index (χ4n) is 12.4. The lowest BCUT2D eigenvalue weighted by Gasteiger charge is -2.70. The number of aliphatic hydroxyl groups excluding tert-OH is 1. The summed E-state index contributed by atoms with van der Waals surface area (Å²) < 4.78 is 0. The summed E-state index contributed by atoms with van der Waals surface area (Å²) in [6.07, 6.45) is 22.3. The molecule has 4 saturated carbocycles. The Balaban J connectivity index is 1.19. The Labute approximate surface area is 323 Å². The van der Waals surface area contributed by atoms with E-state index in [0.29, 0.717) is 18.2 Å². The first kappa shape index (κ1) is 41.6. The first-order valence-corrected chi connectivity index (χ1v) is 22.1. The van der Waals surface area contributed by atoms with E-state index in [9.17, 15) is 14.7 Å². The Hall–Kier alpha value is -1.59. The minimum atomic E-state index is -0.421. The highest BCUT2D eigenvalue weighted by Crippen LogP contribution is 2.75. The molecule has 2 N–H and O–H groups in total. The number of carbonyl (C=O) groups is 2. The average Bonchev–Trinajstić information content (AvgIpc) is 3.06. The molecule has 0 saturated heterocycles. The zero-order chi connectivity index (χ0) is 38.3. The molecular weight excluding hydrogens is 659 g/mol. The van der Waals surface area contributed by atoms with Crippen molar-refractivity contribution in [2.45, 2.75) is 166 Å². The number of ketones is 1. The van der Waals surface area contributed by atoms with Crippen molar-refractivity contribution < 1.29 is 14.7 Å². The Morgan fingerprint density at radius 1 is 0.865 bits per heavy atom. The quantitative estimate of drug-likeness (QED) is 0.155. The van der Waals surface area contributed by atoms with E-state index in [1.807, 2.05) is 11.8 Å². The van der Waals surface area contributed by atoms with E-state index in [4.69, 9.17) is 0 Å². The lowest BCUT2D eigenvalue weighted by atomic mass is 9.33. The van der Waals surface area contributed by atoms with Crippen molar-refractivity contribution in [3.63, 3.8) is 0 Å². The molecule has 5 heteroatoms. The molecule has 0 aromatic heterocycles. The molecule has 9 atom stereocenters. The van der Waals surface area contributed by atoms with E-state index < -0.39 is 5.41 Å². The Morgan fingerprint density at radius 2 is 1.52 bits per heavy atom. The number of aliphatic hydroxyl groups is 1. The molecule has 0 bridgehead atoms. The van der Waals surface area contributed by atoms with E-state index >= 15 is 0 Å². The van der Waals surface area contributed by atoms with Gasteiger partial charge in [0.1, 0.15) is 0 Å². The predicted octanol–water partition coefficient (Wildman–Crippen LogP) is 11.6. The van der Waals surface area contributed by atoms with Gasteiger partial charge in [0.15, 0.2) is 5.78 Å². The number of carbonyl (C=O) groups excluding carboxylic acids is 2. The number of allylic oxidation sites excluding steroid dienone is 7. The van der Waals surface area contributed by atoms with Gasteiger partial charge in [-0.2, -0.15) is 11.8 Å². The SMILES string of the molecule is CC(C)=CCCC(C)=CCCC(C)=CCSCCNC(=O)C1(C)CC[C@]2(C)CC[C@]3(C)C(=CC(=O)[C@@H]4[C@@]5(C)CC[C@H](O)C(C)(C)C5CC[C@]43C)[C@@H]2C1. The number of fused-ring (bicyclic) bond motifs is 7. The monoisotopic (exact) mass is 734 g/mol. The van der Waals surface area contributed by atoms with Crippen LogP contribution < -0.4 is 5.32 Å². The second-order valence-corrected chi connectivity index (χ2v) is 21.6. The van der Waals surface area contributed by atoms with Crippen LogP contribution in [0.2, 0.25) is 0 Å². The smallest absolute Gasteiger partial charge is 0.225 e. The molecule has 0 spiro atoms. The second-order valence-electron chi connectivity index (χ2n) is 20.4. The van der Waals surface area contributed by atoms with Crippen molar-refractivity contribution in [3.8, 4) is 0 Å². The van der Waals surface area contributed by atoms with E-state index in [1.165, 1.54) is 28.7 Å². The fourth-order valence-corrected chi connectivity index (χ4v) is 13.3. The maximum atomic E-state index is 14.6. The number of thioether (sulfide) groups is 1. The lowest BCUT2D eigenvalue weighted by molar-refractivity contribution is -0.202. The van der Waals surface area contributed by atoms with Crippen molar-refractivity contribution in [1.82, 2.24) is 5.32 Å². The maximum Gasteiger partial charge on any atom is 0.225 e. The lowest BCUT2D eigenvalue weighted by Crippen LogP contribution is -2.66. The molecule has 4 nitrogen and oxygen atoms in total. The van der Waals surface area contributed by atoms with Crippen molar-refractivity contribution in [3.05, 3.63) is 46.6 Å². The maximum absolute atomic E-state index is 14.6. The van der Waals surface area contributed by atoms with Gasteiger partial charge in [-0.05, 0) is 156 Å². The summed E-state index contributed by atoms with van der Waals surface area (Å²) in [6, 6.07) is 0. The minimum absolute atomic E-state index is 0.0123. The van der Waals surface area contributed by atoms with Gasteiger partial charge >= 0.3 is 0 Å². The number of hydrogen-bond acceptors (Lipinski definition) is 4. The van der Waals surface area contributed by atoms with Crippen LogP contribution in [0.4, 0.5) is 0 Å². The highest BCUT2D eigenvalue weighted by molar-refractivity contribution is 7.99. The van der Waals surface area contributed by atoms with Crippen LogP contribution in [0.15, 0.2) is 46.6 Å². The van der Waals surface area contributed by atoms with Crippen LogP contribution in [0.25, 0.3) is 0 Å². The summed E-state index contributed by atoms with van der Waals surface area (Å²) in [5, 5.41) is 14.4. The first-order chi connectivity index (χ1) is 24.2. The number of nitrogens with one attached hydrogen (secondary N) is 1. The molecule has 52 heavy (non-hydrogen) atoms. The summed E-state index contributed by atoms with van der Waals surface area (Å²) in [7, 11) is 0. The molecule has 1 amide bonds. The molecule has 0 heterocycles. The van der Waals surface area contributed by atoms with Gasteiger partial charge in [-0.1, -0.05) is 89.0 Å². The van der Waals surface area contributed by atoms with Crippen molar-refractivity contribution in [2.75, 3.05) is 18.1 Å². The summed E-state index contributed by atoms with van der Waals surface area (Å²) in [5.41, 5.74) is 4.96. The molecule has 292 valence electrons. The molecule has 5 aliphatic carbocycles. The standard InChI is InChI=1S/C47H75NO3S/c1-32(2)14-12-15-33(3)16-13-17-34(4)20-28-52-29-27-48-41(51)44(8)24-23-43(7)25-26-46(10)35(36(43)31-44)30-37(49)40-45(9)21-19-39(50)42(5,6)38(45)18-22-47(40,46)11/h14,16,20,30,36,38-40,50H,12-13,15,17-19,21-29,31H2,1-11H3,(H,48,51)/t36-,38?,39-,40+,43+,44?,45-,46+,47+/m0/s1. The predicted molar refractivity (Wildman–Crippen MR) is 221 cm³/mol. The van der Waals surface area contributed by atoms with Gasteiger partial charge in [0.25, 0.3) is 0 Å². The van der Waals surface area contributed by atoms with Gasteiger partial charge in [-0.15, -0.1) is 0 Å². The van der Waals surface area contributed by atoms with Crippen LogP contribution in [0.5, 0.6) is 0 Å². The summed E-state index contributed by atoms with van der Waals surface area (Å²) in [5.74, 6) is 3.02. The van der Waals surface area contributed by atoms with E-state index in [-0.39, 0.29) is 50.9 Å². The second kappa shape index (κ2) is 15.5. The highest BCUT2D eigenvalue weighted by Gasteiger charge is 2.70. The van der Waals surface area contributed by atoms with Crippen LogP contribution in [-0.4, -0.2) is 41.0 Å². The van der Waals surface area contributed by atoms with Crippen molar-refractivity contribution >= 4 is 23.5 Å². The van der Waals surface area contributed by atoms with Crippen LogP contribution in [-0.2, 0) is 9.59 Å². The van der Waals surface area contributed by atoms with Crippen LogP contribution >= 0.6 is 11.8 Å². The van der Waals surface area contributed by atoms with Gasteiger partial charge in [0, 0.05) is 29.4 Å². The minimum Gasteiger partial charge on any atom is -0.393 e. The van der Waals surface area contributed by atoms with Crippen molar-refractivity contribution in [1.29, 1.82) is 0 Å². The largest absolute Gasteiger partial charge is 0.393 e. The first-order valence-electron chi connectivity index (χ1n) is 21.0. The molecule has 5 aliphatic rings. The van der Waals surface area contributed by atoms with E-state index in [2.05, 4.69) is 106 Å². The average molecular weight is 734 g/mol. The van der Waals surface area contributed by atoms with E-state index in [0.717, 1.165) is 88.6 Å². The Bertz CT molecular complexity index is 1480. The number of hydrogen-bond donors (Lipinski definition) is 2. The molecule has 0 aliphatic heterocycles. The summed E-state index contributed by atoms with van der Waals surface area (Å²) >= 11 is 1.90. The van der Waals surface area contributed by atoms with Gasteiger partial charge in [0.05, 0.1) is 6.10 Å². The molecule has 5 rings (SSSR count). The molecule has 0 aromatic carbocycles. The molecule has 4 fully saturated rings. The fraction of sp³-hybridized carbons (Fsp3) is 0.787. The third-order valence-corrected chi connectivity index (χ3v) is 17.2. The van der Waals surface area contributed by atoms with Gasteiger partial charge in [-0.25, -0.2) is 0 Å². The van der Waals surface area contributed by atoms with Crippen LogP contribution in [0, 0.1) is 50.2 Å². The molecular formula is C47H75NO3S. The molecule has 0 aromatic rings. The Morgan fingerprint density at radius 3 is 2.21 bits per heavy atom. The number of rotatable bonds is 12. The highest BCUT2D eigenvalue weighted by atomic mass is 32.2. The third kappa shape index (κ3) is 7.63. The zero-order valence-electron chi connectivity index (χ0n) is 35.1. The summed E-state index contributed by atoms with van der Waals surface area (Å²) in [4.78, 5) is 28.6. The molecule has 0 radical (unpaired) electrons. The van der Waals surface area contributed by atoms with Gasteiger partial charge < -0.3 is 10.4 Å². The van der Waals surface area contributed by atoms with Gasteiger partial charge in [0.2, 0.25) is 5.91 Å².